The molecule has 1 rings (SSSR count). The highest BCUT2D eigenvalue weighted by atomic mass is 17.1. The maximum absolute atomic E-state index is 10.9. The first-order chi connectivity index (χ1) is 5.34. The first-order valence-electron chi connectivity index (χ1n) is 3.11. The van der Waals surface area contributed by atoms with Crippen LogP contribution < -0.4 is 0 Å². The summed E-state index contributed by atoms with van der Waals surface area (Å²) >= 11 is 0. The summed E-state index contributed by atoms with van der Waals surface area (Å²) in [6.07, 6.45) is 0. The molecule has 57 valence electrons. The summed E-state index contributed by atoms with van der Waals surface area (Å²) in [6.45, 7) is -0.319. The number of ketones is 1. The van der Waals surface area contributed by atoms with E-state index in [0.29, 0.717) is 5.56 Å². The molecular formula is C8H7O3. The Balaban J connectivity index is 2.69. The van der Waals surface area contributed by atoms with Crippen LogP contribution in [-0.2, 0) is 4.89 Å². The van der Waals surface area contributed by atoms with E-state index in [-0.39, 0.29) is 12.4 Å². The van der Waals surface area contributed by atoms with E-state index in [1.54, 1.807) is 24.3 Å². The average molecular weight is 151 g/mol. The van der Waals surface area contributed by atoms with Gasteiger partial charge in [0.15, 0.2) is 5.78 Å². The van der Waals surface area contributed by atoms with Crippen LogP contribution in [0.2, 0.25) is 0 Å². The molecule has 0 amide bonds. The molecular weight excluding hydrogens is 144 g/mol. The largest absolute Gasteiger partial charge is 0.291 e. The summed E-state index contributed by atoms with van der Waals surface area (Å²) < 4.78 is 0. The van der Waals surface area contributed by atoms with Crippen LogP contribution in [0.1, 0.15) is 10.4 Å². The molecule has 0 spiro atoms. The van der Waals surface area contributed by atoms with Gasteiger partial charge in [-0.25, -0.2) is 4.89 Å². The van der Waals surface area contributed by atoms with Gasteiger partial charge in [0.1, 0.15) is 6.61 Å². The van der Waals surface area contributed by atoms with E-state index >= 15 is 0 Å². The molecule has 0 bridgehead atoms. The number of hydrogen-bond donors (Lipinski definition) is 1. The summed E-state index contributed by atoms with van der Waals surface area (Å²) in [6, 6.07) is 9.44. The van der Waals surface area contributed by atoms with Crippen molar-refractivity contribution in [3.8, 4) is 0 Å². The van der Waals surface area contributed by atoms with Gasteiger partial charge in [0, 0.05) is 5.56 Å². The Morgan fingerprint density at radius 2 is 2.45 bits per heavy atom. The maximum Gasteiger partial charge on any atom is 0.192 e. The van der Waals surface area contributed by atoms with Crippen molar-refractivity contribution in [1.29, 1.82) is 0 Å². The van der Waals surface area contributed by atoms with Crippen molar-refractivity contribution in [3.05, 3.63) is 35.9 Å². The molecule has 0 aromatic heterocycles. The number of Topliss-reactive ketones (excluding diaryl/α,β-unsaturated/α-hetero) is 1. The second kappa shape index (κ2) is 3.85. The normalized spacial score (nSPS) is 9.55. The van der Waals surface area contributed by atoms with Gasteiger partial charge in [-0.3, -0.25) is 10.1 Å². The fourth-order valence-electron chi connectivity index (χ4n) is 0.703. The van der Waals surface area contributed by atoms with Crippen molar-refractivity contribution in [3.63, 3.8) is 0 Å². The van der Waals surface area contributed by atoms with Crippen molar-refractivity contribution in [2.45, 2.75) is 0 Å². The highest BCUT2D eigenvalue weighted by Crippen LogP contribution is 1.98. The Hall–Kier alpha value is -1.19. The molecule has 0 fully saturated rings. The van der Waals surface area contributed by atoms with Gasteiger partial charge in [0.2, 0.25) is 0 Å². The van der Waals surface area contributed by atoms with Crippen molar-refractivity contribution in [2.24, 2.45) is 0 Å². The van der Waals surface area contributed by atoms with Gasteiger partial charge < -0.3 is 0 Å². The summed E-state index contributed by atoms with van der Waals surface area (Å²) in [5.41, 5.74) is 0.418. The van der Waals surface area contributed by atoms with Crippen LogP contribution in [0, 0.1) is 6.07 Å². The van der Waals surface area contributed by atoms with Gasteiger partial charge in [0.25, 0.3) is 0 Å². The average Bonchev–Trinajstić information content (AvgIpc) is 2.07. The van der Waals surface area contributed by atoms with E-state index in [1.807, 2.05) is 0 Å². The number of benzene rings is 1. The molecule has 1 N–H and O–H groups in total. The molecule has 1 aromatic carbocycles. The van der Waals surface area contributed by atoms with Crippen molar-refractivity contribution in [1.82, 2.24) is 0 Å². The predicted molar refractivity (Wildman–Crippen MR) is 38.2 cm³/mol. The third-order valence-electron chi connectivity index (χ3n) is 1.21. The highest BCUT2D eigenvalue weighted by Gasteiger charge is 2.03. The third-order valence-corrected chi connectivity index (χ3v) is 1.21. The van der Waals surface area contributed by atoms with Crippen LogP contribution in [0.3, 0.4) is 0 Å². The molecule has 0 aliphatic rings. The molecule has 0 unspecified atom stereocenters. The van der Waals surface area contributed by atoms with Crippen LogP contribution in [0.5, 0.6) is 0 Å². The molecule has 0 saturated heterocycles. The Morgan fingerprint density at radius 1 is 1.64 bits per heavy atom. The van der Waals surface area contributed by atoms with Crippen LogP contribution in [-0.4, -0.2) is 17.6 Å². The number of rotatable bonds is 3. The van der Waals surface area contributed by atoms with Crippen LogP contribution in [0.4, 0.5) is 0 Å². The molecule has 1 aromatic rings. The first kappa shape index (κ1) is 7.91. The Kier molecular flexibility index (Phi) is 2.77. The van der Waals surface area contributed by atoms with E-state index in [1.165, 1.54) is 0 Å². The van der Waals surface area contributed by atoms with Crippen LogP contribution in [0.15, 0.2) is 24.3 Å². The van der Waals surface area contributed by atoms with Gasteiger partial charge in [-0.2, -0.15) is 0 Å². The minimum atomic E-state index is -0.319. The van der Waals surface area contributed by atoms with E-state index < -0.39 is 0 Å². The molecule has 11 heavy (non-hydrogen) atoms. The minimum Gasteiger partial charge on any atom is -0.291 e. The van der Waals surface area contributed by atoms with Crippen LogP contribution in [0.25, 0.3) is 0 Å². The zero-order chi connectivity index (χ0) is 8.10. The topological polar surface area (TPSA) is 46.5 Å². The van der Waals surface area contributed by atoms with Gasteiger partial charge >= 0.3 is 0 Å². The van der Waals surface area contributed by atoms with Gasteiger partial charge in [0.05, 0.1) is 0 Å². The lowest BCUT2D eigenvalue weighted by molar-refractivity contribution is -0.230. The summed E-state index contributed by atoms with van der Waals surface area (Å²) in [5.74, 6) is -0.284. The molecule has 3 nitrogen and oxygen atoms in total. The van der Waals surface area contributed by atoms with E-state index in [0.717, 1.165) is 0 Å². The quantitative estimate of drug-likeness (QED) is 0.400. The number of carbonyl (C=O) groups is 1. The number of carbonyl (C=O) groups excluding carboxylic acids is 1. The fraction of sp³-hybridized carbons (Fsp3) is 0.125. The molecule has 3 heteroatoms. The molecule has 0 atom stereocenters. The van der Waals surface area contributed by atoms with Gasteiger partial charge in [-0.1, -0.05) is 24.3 Å². The predicted octanol–water partition coefficient (Wildman–Crippen LogP) is 1.16. The molecule has 1 radical (unpaired) electrons. The van der Waals surface area contributed by atoms with E-state index in [9.17, 15) is 4.79 Å². The zero-order valence-corrected chi connectivity index (χ0v) is 5.78. The second-order valence-corrected chi connectivity index (χ2v) is 1.97. The fourth-order valence-corrected chi connectivity index (χ4v) is 0.703. The summed E-state index contributed by atoms with van der Waals surface area (Å²) in [7, 11) is 0. The lowest BCUT2D eigenvalue weighted by Crippen LogP contribution is -2.06. The Bertz CT molecular complexity index is 230. The van der Waals surface area contributed by atoms with Gasteiger partial charge in [-0.15, -0.1) is 0 Å². The first-order valence-corrected chi connectivity index (χ1v) is 3.11. The van der Waals surface area contributed by atoms with Crippen LogP contribution >= 0.6 is 0 Å². The zero-order valence-electron chi connectivity index (χ0n) is 5.78. The minimum absolute atomic E-state index is 0.284. The lowest BCUT2D eigenvalue weighted by Gasteiger charge is -1.95. The van der Waals surface area contributed by atoms with Crippen molar-refractivity contribution >= 4 is 5.78 Å². The Labute approximate surface area is 64.2 Å². The molecule has 0 aliphatic carbocycles. The third kappa shape index (κ3) is 2.14. The highest BCUT2D eigenvalue weighted by molar-refractivity contribution is 5.96. The van der Waals surface area contributed by atoms with Gasteiger partial charge in [-0.05, 0) is 6.07 Å². The van der Waals surface area contributed by atoms with Crippen molar-refractivity contribution < 1.29 is 14.9 Å². The summed E-state index contributed by atoms with van der Waals surface area (Å²) in [5, 5.41) is 7.96. The number of hydrogen-bond acceptors (Lipinski definition) is 3. The van der Waals surface area contributed by atoms with Crippen molar-refractivity contribution in [2.75, 3.05) is 6.61 Å². The maximum atomic E-state index is 10.9. The summed E-state index contributed by atoms with van der Waals surface area (Å²) in [4.78, 5) is 14.6. The SMILES string of the molecule is O=C(COO)c1[c]cccc1. The second-order valence-electron chi connectivity index (χ2n) is 1.97. The van der Waals surface area contributed by atoms with E-state index in [2.05, 4.69) is 11.0 Å². The molecule has 0 aliphatic heterocycles. The standard InChI is InChI=1S/C8H7O3/c9-8(6-11-10)7-4-2-1-3-5-7/h1-4,10H,6H2. The smallest absolute Gasteiger partial charge is 0.192 e. The Morgan fingerprint density at radius 3 is 3.00 bits per heavy atom. The molecule has 0 heterocycles. The lowest BCUT2D eigenvalue weighted by atomic mass is 10.1. The van der Waals surface area contributed by atoms with E-state index in [4.69, 9.17) is 5.26 Å². The molecule has 0 saturated carbocycles. The monoisotopic (exact) mass is 151 g/mol.